The number of piperidine rings is 1. The number of carboxylic acids is 1. The number of aromatic nitrogens is 7. The molecule has 0 aliphatic carbocycles. The molecule has 1 fully saturated rings. The van der Waals surface area contributed by atoms with Gasteiger partial charge in [0.1, 0.15) is 0 Å². The van der Waals surface area contributed by atoms with Gasteiger partial charge >= 0.3 is 12.0 Å². The van der Waals surface area contributed by atoms with Crippen LogP contribution in [0.25, 0.3) is 22.6 Å². The van der Waals surface area contributed by atoms with Crippen LogP contribution in [0.15, 0.2) is 43.0 Å². The van der Waals surface area contributed by atoms with Gasteiger partial charge in [-0.3, -0.25) is 10.1 Å². The van der Waals surface area contributed by atoms with Crippen molar-refractivity contribution in [1.29, 1.82) is 0 Å². The molecule has 5 heterocycles. The summed E-state index contributed by atoms with van der Waals surface area (Å²) in [4.78, 5) is 39.0. The number of hydrogen-bond acceptors (Lipinski definition) is 8. The summed E-state index contributed by atoms with van der Waals surface area (Å²) in [5.41, 5.74) is 1.37. The molecule has 2 amide bonds. The SMILES string of the molecule is CCNC(=O)Nc1nc2cc(-c3cnc(N4CCC(C)(C(=O)O)CC4)nc3)cc(-n3cccn3)n2n1. The van der Waals surface area contributed by atoms with Crippen molar-refractivity contribution in [2.45, 2.75) is 26.7 Å². The van der Waals surface area contributed by atoms with Crippen LogP contribution in [0.4, 0.5) is 16.7 Å². The number of amides is 2. The molecule has 13 nitrogen and oxygen atoms in total. The zero-order valence-electron chi connectivity index (χ0n) is 19.9. The Morgan fingerprint density at radius 2 is 1.89 bits per heavy atom. The first kappa shape index (κ1) is 23.2. The predicted octanol–water partition coefficient (Wildman–Crippen LogP) is 2.20. The van der Waals surface area contributed by atoms with E-state index in [1.54, 1.807) is 47.0 Å². The monoisotopic (exact) mass is 490 g/mol. The third kappa shape index (κ3) is 4.42. The summed E-state index contributed by atoms with van der Waals surface area (Å²) in [5, 5.41) is 23.5. The Hall–Kier alpha value is -4.55. The first-order valence-corrected chi connectivity index (χ1v) is 11.6. The topological polar surface area (TPSA) is 155 Å². The zero-order valence-corrected chi connectivity index (χ0v) is 19.9. The Kier molecular flexibility index (Phi) is 5.96. The fourth-order valence-corrected chi connectivity index (χ4v) is 4.11. The molecule has 0 saturated carbocycles. The van der Waals surface area contributed by atoms with Crippen LogP contribution in [0, 0.1) is 5.41 Å². The number of aliphatic carboxylic acids is 1. The van der Waals surface area contributed by atoms with Crippen LogP contribution in [0.1, 0.15) is 26.7 Å². The lowest BCUT2D eigenvalue weighted by atomic mass is 9.80. The first-order valence-electron chi connectivity index (χ1n) is 11.6. The third-order valence-corrected chi connectivity index (χ3v) is 6.36. The lowest BCUT2D eigenvalue weighted by Crippen LogP contribution is -2.43. The Bertz CT molecular complexity index is 1390. The molecule has 0 radical (unpaired) electrons. The van der Waals surface area contributed by atoms with Gasteiger partial charge in [0.2, 0.25) is 5.95 Å². The van der Waals surface area contributed by atoms with Crippen molar-refractivity contribution in [3.8, 4) is 16.9 Å². The minimum atomic E-state index is -0.764. The molecule has 0 bridgehead atoms. The molecular weight excluding hydrogens is 464 g/mol. The summed E-state index contributed by atoms with van der Waals surface area (Å²) in [6.45, 7) is 5.25. The fourth-order valence-electron chi connectivity index (χ4n) is 4.11. The molecule has 4 aromatic rings. The van der Waals surface area contributed by atoms with Crippen LogP contribution < -0.4 is 15.5 Å². The van der Waals surface area contributed by atoms with Crippen molar-refractivity contribution in [1.82, 2.24) is 39.7 Å². The second kappa shape index (κ2) is 9.24. The molecule has 0 aromatic carbocycles. The molecule has 186 valence electrons. The van der Waals surface area contributed by atoms with E-state index in [1.165, 1.54) is 0 Å². The maximum absolute atomic E-state index is 11.9. The molecule has 0 spiro atoms. The van der Waals surface area contributed by atoms with Crippen LogP contribution in [0.2, 0.25) is 0 Å². The average molecular weight is 491 g/mol. The number of carboxylic acid groups (broad SMARTS) is 1. The smallest absolute Gasteiger partial charge is 0.321 e. The molecule has 1 saturated heterocycles. The van der Waals surface area contributed by atoms with Crippen LogP contribution in [-0.2, 0) is 4.79 Å². The molecule has 36 heavy (non-hydrogen) atoms. The number of nitrogens with zero attached hydrogens (tertiary/aromatic N) is 8. The normalized spacial score (nSPS) is 15.1. The van der Waals surface area contributed by atoms with Crippen LogP contribution >= 0.6 is 0 Å². The standard InChI is InChI=1S/C23H26N10O3/c1-3-24-22(36)29-20-28-17-11-15(12-18(33(17)30-20)32-8-4-7-27-32)16-13-25-21(26-14-16)31-9-5-23(2,6-10-31)19(34)35/h4,7-8,11-14H,3,5-6,9-10H2,1-2H3,(H,34,35)(H2,24,29,30,36). The van der Waals surface area contributed by atoms with E-state index in [-0.39, 0.29) is 12.0 Å². The van der Waals surface area contributed by atoms with Gasteiger partial charge in [0.15, 0.2) is 11.5 Å². The number of carbonyl (C=O) groups excluding carboxylic acids is 1. The summed E-state index contributed by atoms with van der Waals surface area (Å²) in [6.07, 6.45) is 7.99. The Balaban J connectivity index is 1.44. The van der Waals surface area contributed by atoms with Gasteiger partial charge in [-0.05, 0) is 50.5 Å². The molecule has 1 aliphatic rings. The number of anilines is 2. The van der Waals surface area contributed by atoms with Gasteiger partial charge in [-0.15, -0.1) is 5.10 Å². The predicted molar refractivity (Wildman–Crippen MR) is 131 cm³/mol. The van der Waals surface area contributed by atoms with Crippen molar-refractivity contribution in [3.63, 3.8) is 0 Å². The average Bonchev–Trinajstić information content (AvgIpc) is 3.54. The highest BCUT2D eigenvalue weighted by Crippen LogP contribution is 2.32. The first-order chi connectivity index (χ1) is 17.4. The van der Waals surface area contributed by atoms with E-state index in [4.69, 9.17) is 0 Å². The van der Waals surface area contributed by atoms with Gasteiger partial charge in [-0.2, -0.15) is 14.6 Å². The maximum Gasteiger partial charge on any atom is 0.321 e. The van der Waals surface area contributed by atoms with Gasteiger partial charge in [-0.1, -0.05) is 0 Å². The lowest BCUT2D eigenvalue weighted by Gasteiger charge is -2.36. The fraction of sp³-hybridized carbons (Fsp3) is 0.348. The van der Waals surface area contributed by atoms with Gasteiger partial charge < -0.3 is 15.3 Å². The van der Waals surface area contributed by atoms with Crippen LogP contribution in [0.3, 0.4) is 0 Å². The van der Waals surface area contributed by atoms with Gasteiger partial charge in [-0.25, -0.2) is 19.4 Å². The zero-order chi connectivity index (χ0) is 25.3. The highest BCUT2D eigenvalue weighted by Gasteiger charge is 2.37. The second-order valence-corrected chi connectivity index (χ2v) is 8.87. The molecule has 13 heteroatoms. The Labute approximate surface area is 206 Å². The van der Waals surface area contributed by atoms with E-state index in [9.17, 15) is 14.7 Å². The van der Waals surface area contributed by atoms with Crippen molar-refractivity contribution in [2.75, 3.05) is 29.9 Å². The summed E-state index contributed by atoms with van der Waals surface area (Å²) in [7, 11) is 0. The second-order valence-electron chi connectivity index (χ2n) is 8.87. The quantitative estimate of drug-likeness (QED) is 0.369. The summed E-state index contributed by atoms with van der Waals surface area (Å²) < 4.78 is 3.25. The van der Waals surface area contributed by atoms with E-state index in [2.05, 4.69) is 35.8 Å². The molecule has 3 N–H and O–H groups in total. The molecule has 0 unspecified atom stereocenters. The molecule has 4 aromatic heterocycles. The summed E-state index contributed by atoms with van der Waals surface area (Å²) in [6, 6.07) is 5.14. The highest BCUT2D eigenvalue weighted by molar-refractivity contribution is 5.87. The molecule has 5 rings (SSSR count). The van der Waals surface area contributed by atoms with Crippen LogP contribution in [0.5, 0.6) is 0 Å². The van der Waals surface area contributed by atoms with E-state index in [1.807, 2.05) is 24.0 Å². The number of nitrogens with one attached hydrogen (secondary N) is 2. The molecule has 1 aliphatic heterocycles. The summed E-state index contributed by atoms with van der Waals surface area (Å²) >= 11 is 0. The van der Waals surface area contributed by atoms with Crippen molar-refractivity contribution in [3.05, 3.63) is 43.0 Å². The maximum atomic E-state index is 11.9. The number of urea groups is 1. The molecular formula is C23H26N10O3. The third-order valence-electron chi connectivity index (χ3n) is 6.36. The van der Waals surface area contributed by atoms with E-state index in [0.29, 0.717) is 49.9 Å². The lowest BCUT2D eigenvalue weighted by molar-refractivity contribution is -0.149. The number of fused-ring (bicyclic) bond motifs is 1. The Morgan fingerprint density at radius 1 is 1.14 bits per heavy atom. The number of pyridine rings is 1. The number of rotatable bonds is 6. The minimum absolute atomic E-state index is 0.163. The van der Waals surface area contributed by atoms with E-state index >= 15 is 0 Å². The Morgan fingerprint density at radius 3 is 2.53 bits per heavy atom. The van der Waals surface area contributed by atoms with Crippen molar-refractivity contribution >= 4 is 29.5 Å². The number of carbonyl (C=O) groups is 2. The minimum Gasteiger partial charge on any atom is -0.481 e. The van der Waals surface area contributed by atoms with Gasteiger partial charge in [0.05, 0.1) is 5.41 Å². The summed E-state index contributed by atoms with van der Waals surface area (Å²) in [5.74, 6) is 0.587. The number of hydrogen-bond donors (Lipinski definition) is 3. The largest absolute Gasteiger partial charge is 0.481 e. The van der Waals surface area contributed by atoms with E-state index in [0.717, 1.165) is 11.1 Å². The molecule has 0 atom stereocenters. The van der Waals surface area contributed by atoms with Gasteiger partial charge in [0, 0.05) is 50.0 Å². The van der Waals surface area contributed by atoms with E-state index < -0.39 is 11.4 Å². The highest BCUT2D eigenvalue weighted by atomic mass is 16.4. The van der Waals surface area contributed by atoms with Crippen molar-refractivity contribution in [2.24, 2.45) is 5.41 Å². The van der Waals surface area contributed by atoms with Gasteiger partial charge in [0.25, 0.3) is 5.95 Å². The van der Waals surface area contributed by atoms with Crippen molar-refractivity contribution < 1.29 is 14.7 Å². The van der Waals surface area contributed by atoms with Crippen LogP contribution in [-0.4, -0.2) is 71.1 Å².